The molecule has 3 heteroatoms. The van der Waals surface area contributed by atoms with Gasteiger partial charge in [0.1, 0.15) is 0 Å². The van der Waals surface area contributed by atoms with Crippen LogP contribution in [0.5, 0.6) is 0 Å². The molecule has 2 atom stereocenters. The molecule has 0 aliphatic carbocycles. The lowest BCUT2D eigenvalue weighted by Gasteiger charge is -2.31. The predicted molar refractivity (Wildman–Crippen MR) is 108 cm³/mol. The van der Waals surface area contributed by atoms with E-state index in [0.717, 1.165) is 44.0 Å². The molecule has 2 N–H and O–H groups in total. The van der Waals surface area contributed by atoms with E-state index in [1.54, 1.807) is 0 Å². The summed E-state index contributed by atoms with van der Waals surface area (Å²) in [6.45, 7) is 2.27. The Morgan fingerprint density at radius 3 is 2.50 bits per heavy atom. The zero-order chi connectivity index (χ0) is 18.0. The summed E-state index contributed by atoms with van der Waals surface area (Å²) >= 11 is 0. The number of hydrogen-bond acceptors (Lipinski definition) is 2. The van der Waals surface area contributed by atoms with Gasteiger partial charge in [-0.3, -0.25) is 4.79 Å². The van der Waals surface area contributed by atoms with Crippen molar-refractivity contribution < 1.29 is 4.79 Å². The van der Waals surface area contributed by atoms with E-state index < -0.39 is 0 Å². The van der Waals surface area contributed by atoms with Crippen LogP contribution in [0.2, 0.25) is 0 Å². The molecule has 2 aromatic rings. The molecule has 0 saturated carbocycles. The van der Waals surface area contributed by atoms with Gasteiger partial charge in [-0.15, -0.1) is 0 Å². The standard InChI is InChI=1S/C23H30N2O/c26-23(25-22-13-5-2-6-14-22)15-7-11-20(21-12-8-16-24-18-21)17-19-9-3-1-4-10-19/h1-6,9-10,13-14,20-21,24H,7-8,11-12,15-18H2,(H,25,26). The lowest BCUT2D eigenvalue weighted by Crippen LogP contribution is -2.35. The molecule has 3 rings (SSSR count). The lowest BCUT2D eigenvalue weighted by atomic mass is 9.79. The summed E-state index contributed by atoms with van der Waals surface area (Å²) in [5, 5.41) is 6.55. The summed E-state index contributed by atoms with van der Waals surface area (Å²) in [5.41, 5.74) is 2.30. The van der Waals surface area contributed by atoms with Crippen molar-refractivity contribution in [3.63, 3.8) is 0 Å². The number of anilines is 1. The molecular formula is C23H30N2O. The van der Waals surface area contributed by atoms with Crippen molar-refractivity contribution in [2.45, 2.75) is 38.5 Å². The van der Waals surface area contributed by atoms with E-state index in [2.05, 4.69) is 41.0 Å². The maximum absolute atomic E-state index is 12.2. The van der Waals surface area contributed by atoms with E-state index in [0.29, 0.717) is 12.3 Å². The zero-order valence-electron chi connectivity index (χ0n) is 15.5. The topological polar surface area (TPSA) is 41.1 Å². The average molecular weight is 351 g/mol. The minimum Gasteiger partial charge on any atom is -0.326 e. The maximum atomic E-state index is 12.2. The minimum atomic E-state index is 0.122. The zero-order valence-corrected chi connectivity index (χ0v) is 15.5. The highest BCUT2D eigenvalue weighted by Crippen LogP contribution is 2.28. The van der Waals surface area contributed by atoms with Gasteiger partial charge in [0.25, 0.3) is 0 Å². The van der Waals surface area contributed by atoms with Crippen LogP contribution in [0.15, 0.2) is 60.7 Å². The molecule has 0 radical (unpaired) electrons. The number of rotatable bonds is 8. The average Bonchev–Trinajstić information content (AvgIpc) is 2.69. The largest absolute Gasteiger partial charge is 0.326 e. The fraction of sp³-hybridized carbons (Fsp3) is 0.435. The van der Waals surface area contributed by atoms with Crippen LogP contribution in [0.25, 0.3) is 0 Å². The maximum Gasteiger partial charge on any atom is 0.224 e. The molecule has 1 saturated heterocycles. The van der Waals surface area contributed by atoms with Crippen molar-refractivity contribution in [2.24, 2.45) is 11.8 Å². The second kappa shape index (κ2) is 10.1. The molecule has 1 aliphatic rings. The molecule has 1 fully saturated rings. The first-order valence-corrected chi connectivity index (χ1v) is 9.91. The van der Waals surface area contributed by atoms with Gasteiger partial charge in [0.15, 0.2) is 0 Å². The normalized spacial score (nSPS) is 18.2. The highest BCUT2D eigenvalue weighted by atomic mass is 16.1. The van der Waals surface area contributed by atoms with Crippen LogP contribution in [0.1, 0.15) is 37.7 Å². The Bertz CT molecular complexity index is 650. The smallest absolute Gasteiger partial charge is 0.224 e. The van der Waals surface area contributed by atoms with Gasteiger partial charge in [-0.1, -0.05) is 48.5 Å². The first kappa shape index (κ1) is 18.7. The summed E-state index contributed by atoms with van der Waals surface area (Å²) in [6, 6.07) is 20.5. The number of hydrogen-bond donors (Lipinski definition) is 2. The Morgan fingerprint density at radius 1 is 1.08 bits per heavy atom. The van der Waals surface area contributed by atoms with Crippen LogP contribution in [0.3, 0.4) is 0 Å². The Balaban J connectivity index is 1.51. The first-order valence-electron chi connectivity index (χ1n) is 9.91. The van der Waals surface area contributed by atoms with Gasteiger partial charge in [-0.05, 0) is 74.7 Å². The monoisotopic (exact) mass is 350 g/mol. The number of nitrogens with one attached hydrogen (secondary N) is 2. The second-order valence-electron chi connectivity index (χ2n) is 7.36. The summed E-state index contributed by atoms with van der Waals surface area (Å²) < 4.78 is 0. The molecule has 2 aromatic carbocycles. The molecular weight excluding hydrogens is 320 g/mol. The van der Waals surface area contributed by atoms with E-state index in [1.807, 2.05) is 30.3 Å². The fourth-order valence-corrected chi connectivity index (χ4v) is 3.97. The van der Waals surface area contributed by atoms with Crippen LogP contribution < -0.4 is 10.6 Å². The van der Waals surface area contributed by atoms with Gasteiger partial charge >= 0.3 is 0 Å². The van der Waals surface area contributed by atoms with Gasteiger partial charge in [0.05, 0.1) is 0 Å². The quantitative estimate of drug-likeness (QED) is 0.727. The molecule has 0 spiro atoms. The van der Waals surface area contributed by atoms with Gasteiger partial charge in [0.2, 0.25) is 5.91 Å². The molecule has 1 amide bonds. The number of para-hydroxylation sites is 1. The fourth-order valence-electron chi connectivity index (χ4n) is 3.97. The Morgan fingerprint density at radius 2 is 1.81 bits per heavy atom. The van der Waals surface area contributed by atoms with Crippen molar-refractivity contribution in [2.75, 3.05) is 18.4 Å². The van der Waals surface area contributed by atoms with Crippen molar-refractivity contribution in [3.8, 4) is 0 Å². The third kappa shape index (κ3) is 5.99. The van der Waals surface area contributed by atoms with Gasteiger partial charge in [0, 0.05) is 12.1 Å². The van der Waals surface area contributed by atoms with Crippen molar-refractivity contribution in [1.29, 1.82) is 0 Å². The third-order valence-electron chi connectivity index (χ3n) is 5.38. The number of carbonyl (C=O) groups excluding carboxylic acids is 1. The van der Waals surface area contributed by atoms with E-state index in [-0.39, 0.29) is 5.91 Å². The van der Waals surface area contributed by atoms with E-state index in [9.17, 15) is 4.79 Å². The molecule has 26 heavy (non-hydrogen) atoms. The number of piperidine rings is 1. The van der Waals surface area contributed by atoms with Crippen LogP contribution in [0.4, 0.5) is 5.69 Å². The number of carbonyl (C=O) groups is 1. The van der Waals surface area contributed by atoms with E-state index in [1.165, 1.54) is 18.4 Å². The summed E-state index contributed by atoms with van der Waals surface area (Å²) in [5.74, 6) is 1.49. The molecule has 1 heterocycles. The molecule has 0 bridgehead atoms. The molecule has 1 aliphatic heterocycles. The van der Waals surface area contributed by atoms with Crippen LogP contribution in [-0.4, -0.2) is 19.0 Å². The first-order chi connectivity index (χ1) is 12.8. The second-order valence-corrected chi connectivity index (χ2v) is 7.36. The highest BCUT2D eigenvalue weighted by Gasteiger charge is 2.23. The van der Waals surface area contributed by atoms with Gasteiger partial charge in [-0.25, -0.2) is 0 Å². The van der Waals surface area contributed by atoms with Crippen LogP contribution in [0, 0.1) is 11.8 Å². The SMILES string of the molecule is O=C(CCCC(Cc1ccccc1)C1CCCNC1)Nc1ccccc1. The van der Waals surface area contributed by atoms with Gasteiger partial charge in [-0.2, -0.15) is 0 Å². The molecule has 0 aromatic heterocycles. The summed E-state index contributed by atoms with van der Waals surface area (Å²) in [4.78, 5) is 12.2. The van der Waals surface area contributed by atoms with Crippen molar-refractivity contribution in [1.82, 2.24) is 5.32 Å². The molecule has 2 unspecified atom stereocenters. The van der Waals surface area contributed by atoms with E-state index in [4.69, 9.17) is 0 Å². The van der Waals surface area contributed by atoms with Crippen molar-refractivity contribution in [3.05, 3.63) is 66.2 Å². The Labute approximate surface area is 157 Å². The minimum absolute atomic E-state index is 0.122. The molecule has 3 nitrogen and oxygen atoms in total. The van der Waals surface area contributed by atoms with Crippen LogP contribution >= 0.6 is 0 Å². The highest BCUT2D eigenvalue weighted by molar-refractivity contribution is 5.90. The summed E-state index contributed by atoms with van der Waals surface area (Å²) in [7, 11) is 0. The number of benzene rings is 2. The van der Waals surface area contributed by atoms with Crippen molar-refractivity contribution >= 4 is 11.6 Å². The Kier molecular flexibility index (Phi) is 7.26. The molecule has 138 valence electrons. The summed E-state index contributed by atoms with van der Waals surface area (Å²) in [6.07, 6.45) is 6.36. The van der Waals surface area contributed by atoms with Gasteiger partial charge < -0.3 is 10.6 Å². The Hall–Kier alpha value is -2.13. The third-order valence-corrected chi connectivity index (χ3v) is 5.38. The van der Waals surface area contributed by atoms with E-state index >= 15 is 0 Å². The van der Waals surface area contributed by atoms with Crippen LogP contribution in [-0.2, 0) is 11.2 Å². The number of amides is 1. The predicted octanol–water partition coefficient (Wildman–Crippen LogP) is 4.65. The lowest BCUT2D eigenvalue weighted by molar-refractivity contribution is -0.116.